The van der Waals surface area contributed by atoms with Crippen molar-refractivity contribution >= 4 is 5.91 Å². The van der Waals surface area contributed by atoms with Gasteiger partial charge in [0.1, 0.15) is 6.10 Å². The van der Waals surface area contributed by atoms with Gasteiger partial charge in [0, 0.05) is 12.6 Å². The average Bonchev–Trinajstić information content (AvgIpc) is 2.29. The molecule has 1 saturated heterocycles. The van der Waals surface area contributed by atoms with E-state index in [0.29, 0.717) is 19.1 Å². The van der Waals surface area contributed by atoms with Gasteiger partial charge in [0.15, 0.2) is 0 Å². The molecule has 0 aliphatic carbocycles. The maximum absolute atomic E-state index is 11.8. The highest BCUT2D eigenvalue weighted by Crippen LogP contribution is 2.13. The molecule has 0 saturated carbocycles. The first-order valence-electron chi connectivity index (χ1n) is 5.77. The molecule has 0 bridgehead atoms. The molecule has 4 nitrogen and oxygen atoms in total. The smallest absolute Gasteiger partial charge is 0.249 e. The summed E-state index contributed by atoms with van der Waals surface area (Å²) in [6.07, 6.45) is 2.75. The van der Waals surface area contributed by atoms with Gasteiger partial charge in [-0.25, -0.2) is 0 Å². The van der Waals surface area contributed by atoms with Crippen molar-refractivity contribution in [3.8, 4) is 0 Å². The Hall–Kier alpha value is -0.610. The third kappa shape index (κ3) is 3.80. The van der Waals surface area contributed by atoms with Crippen molar-refractivity contribution in [2.24, 2.45) is 11.7 Å². The number of nitrogens with one attached hydrogen (secondary N) is 1. The normalized spacial score (nSPS) is 25.7. The number of rotatable bonds is 4. The summed E-state index contributed by atoms with van der Waals surface area (Å²) in [6, 6.07) is 0.119. The number of hydrogen-bond donors (Lipinski definition) is 2. The summed E-state index contributed by atoms with van der Waals surface area (Å²) < 4.78 is 5.41. The van der Waals surface area contributed by atoms with Gasteiger partial charge < -0.3 is 15.8 Å². The van der Waals surface area contributed by atoms with Crippen molar-refractivity contribution in [1.82, 2.24) is 5.32 Å². The largest absolute Gasteiger partial charge is 0.368 e. The lowest BCUT2D eigenvalue weighted by molar-refractivity contribution is -0.136. The number of hydrogen-bond acceptors (Lipinski definition) is 3. The minimum absolute atomic E-state index is 0.0162. The van der Waals surface area contributed by atoms with Crippen molar-refractivity contribution in [3.05, 3.63) is 0 Å². The fraction of sp³-hybridized carbons (Fsp3) is 0.909. The highest BCUT2D eigenvalue weighted by Gasteiger charge is 2.24. The number of carbonyl (C=O) groups excluding carboxylic acids is 1. The van der Waals surface area contributed by atoms with E-state index >= 15 is 0 Å². The molecule has 1 aliphatic heterocycles. The zero-order valence-corrected chi connectivity index (χ0v) is 9.66. The zero-order valence-electron chi connectivity index (χ0n) is 9.66. The third-order valence-corrected chi connectivity index (χ3v) is 3.07. The topological polar surface area (TPSA) is 64.3 Å². The van der Waals surface area contributed by atoms with Crippen LogP contribution >= 0.6 is 0 Å². The molecule has 0 spiro atoms. The van der Waals surface area contributed by atoms with Gasteiger partial charge in [-0.1, -0.05) is 6.92 Å². The molecule has 3 atom stereocenters. The number of nitrogens with two attached hydrogens (primary N) is 1. The third-order valence-electron chi connectivity index (χ3n) is 3.07. The summed E-state index contributed by atoms with van der Waals surface area (Å²) in [5.41, 5.74) is 5.54. The fourth-order valence-corrected chi connectivity index (χ4v) is 1.61. The van der Waals surface area contributed by atoms with Gasteiger partial charge in [0.2, 0.25) is 5.91 Å². The highest BCUT2D eigenvalue weighted by atomic mass is 16.5. The standard InChI is InChI=1S/C11H22N2O2/c1-8(7-12)9(2)13-11(14)10-5-3-4-6-15-10/h8-10H,3-7,12H2,1-2H3,(H,13,14). The van der Waals surface area contributed by atoms with Crippen LogP contribution in [0, 0.1) is 5.92 Å². The van der Waals surface area contributed by atoms with E-state index in [4.69, 9.17) is 10.5 Å². The van der Waals surface area contributed by atoms with E-state index in [1.807, 2.05) is 13.8 Å². The van der Waals surface area contributed by atoms with E-state index in [1.54, 1.807) is 0 Å². The molecule has 3 N–H and O–H groups in total. The molecule has 0 aromatic heterocycles. The van der Waals surface area contributed by atoms with Crippen molar-refractivity contribution in [1.29, 1.82) is 0 Å². The summed E-state index contributed by atoms with van der Waals surface area (Å²) in [5, 5.41) is 2.96. The summed E-state index contributed by atoms with van der Waals surface area (Å²) in [5.74, 6) is 0.319. The van der Waals surface area contributed by atoms with Crippen LogP contribution in [0.15, 0.2) is 0 Å². The van der Waals surface area contributed by atoms with Crippen molar-refractivity contribution in [3.63, 3.8) is 0 Å². The quantitative estimate of drug-likeness (QED) is 0.722. The molecule has 0 aromatic rings. The van der Waals surface area contributed by atoms with Crippen LogP contribution in [-0.2, 0) is 9.53 Å². The summed E-state index contributed by atoms with van der Waals surface area (Å²) in [4.78, 5) is 11.8. The van der Waals surface area contributed by atoms with Crippen LogP contribution < -0.4 is 11.1 Å². The van der Waals surface area contributed by atoms with Gasteiger partial charge in [0.25, 0.3) is 0 Å². The van der Waals surface area contributed by atoms with Crippen LogP contribution in [0.4, 0.5) is 0 Å². The van der Waals surface area contributed by atoms with Crippen LogP contribution in [0.3, 0.4) is 0 Å². The summed E-state index contributed by atoms with van der Waals surface area (Å²) in [7, 11) is 0. The van der Waals surface area contributed by atoms with Gasteiger partial charge >= 0.3 is 0 Å². The molecule has 88 valence electrons. The second-order valence-electron chi connectivity index (χ2n) is 4.37. The number of carbonyl (C=O) groups is 1. The lowest BCUT2D eigenvalue weighted by Crippen LogP contribution is -2.46. The zero-order chi connectivity index (χ0) is 11.3. The Labute approximate surface area is 91.5 Å². The Morgan fingerprint density at radius 3 is 2.80 bits per heavy atom. The Balaban J connectivity index is 2.33. The van der Waals surface area contributed by atoms with Crippen LogP contribution in [0.25, 0.3) is 0 Å². The first-order chi connectivity index (χ1) is 7.15. The minimum Gasteiger partial charge on any atom is -0.368 e. The Morgan fingerprint density at radius 2 is 2.27 bits per heavy atom. The Morgan fingerprint density at radius 1 is 1.53 bits per heavy atom. The fourth-order valence-electron chi connectivity index (χ4n) is 1.61. The van der Waals surface area contributed by atoms with Gasteiger partial charge in [-0.05, 0) is 38.6 Å². The highest BCUT2D eigenvalue weighted by molar-refractivity contribution is 5.81. The Kier molecular flexibility index (Phi) is 5.05. The van der Waals surface area contributed by atoms with Crippen molar-refractivity contribution < 1.29 is 9.53 Å². The van der Waals surface area contributed by atoms with Gasteiger partial charge in [-0.2, -0.15) is 0 Å². The van der Waals surface area contributed by atoms with Crippen molar-refractivity contribution in [2.75, 3.05) is 13.2 Å². The van der Waals surface area contributed by atoms with Crippen LogP contribution in [0.5, 0.6) is 0 Å². The molecule has 0 aromatic carbocycles. The second-order valence-corrected chi connectivity index (χ2v) is 4.37. The monoisotopic (exact) mass is 214 g/mol. The van der Waals surface area contributed by atoms with Crippen molar-refractivity contribution in [2.45, 2.75) is 45.3 Å². The molecule has 1 amide bonds. The number of amides is 1. The lowest BCUT2D eigenvalue weighted by atomic mass is 10.0. The van der Waals surface area contributed by atoms with E-state index in [1.165, 1.54) is 0 Å². The SMILES string of the molecule is CC(CN)C(C)NC(=O)C1CCCCO1. The molecule has 1 rings (SSSR count). The lowest BCUT2D eigenvalue weighted by Gasteiger charge is -2.25. The van der Waals surface area contributed by atoms with E-state index in [0.717, 1.165) is 19.3 Å². The van der Waals surface area contributed by atoms with Gasteiger partial charge in [0.05, 0.1) is 0 Å². The van der Waals surface area contributed by atoms with Crippen LogP contribution in [0.2, 0.25) is 0 Å². The molecule has 1 heterocycles. The average molecular weight is 214 g/mol. The molecular weight excluding hydrogens is 192 g/mol. The van der Waals surface area contributed by atoms with Gasteiger partial charge in [-0.3, -0.25) is 4.79 Å². The summed E-state index contributed by atoms with van der Waals surface area (Å²) in [6.45, 7) is 5.32. The molecule has 4 heteroatoms. The van der Waals surface area contributed by atoms with Crippen LogP contribution in [-0.4, -0.2) is 31.2 Å². The molecule has 1 fully saturated rings. The molecule has 1 aliphatic rings. The minimum atomic E-state index is -0.244. The van der Waals surface area contributed by atoms with E-state index in [-0.39, 0.29) is 18.1 Å². The first-order valence-corrected chi connectivity index (χ1v) is 5.77. The van der Waals surface area contributed by atoms with Gasteiger partial charge in [-0.15, -0.1) is 0 Å². The first kappa shape index (κ1) is 12.5. The molecule has 0 radical (unpaired) electrons. The van der Waals surface area contributed by atoms with E-state index in [2.05, 4.69) is 5.32 Å². The molecule has 3 unspecified atom stereocenters. The van der Waals surface area contributed by atoms with E-state index in [9.17, 15) is 4.79 Å². The predicted molar refractivity (Wildman–Crippen MR) is 59.4 cm³/mol. The van der Waals surface area contributed by atoms with Crippen LogP contribution in [0.1, 0.15) is 33.1 Å². The predicted octanol–water partition coefficient (Wildman–Crippen LogP) is 0.655. The second kappa shape index (κ2) is 6.08. The summed E-state index contributed by atoms with van der Waals surface area (Å²) >= 11 is 0. The number of ether oxygens (including phenoxy) is 1. The Bertz CT molecular complexity index is 203. The molecule has 15 heavy (non-hydrogen) atoms. The molecular formula is C11H22N2O2. The maximum atomic E-state index is 11.8. The van der Waals surface area contributed by atoms with E-state index < -0.39 is 0 Å². The maximum Gasteiger partial charge on any atom is 0.249 e.